The molecule has 5 amide bonds. The van der Waals surface area contributed by atoms with Gasteiger partial charge in [0.25, 0.3) is 5.91 Å². The number of fused-ring (bicyclic) bond motifs is 3. The number of alkyl carbamates (subject to hydrolysis) is 1. The fourth-order valence-electron chi connectivity index (χ4n) is 8.03. The van der Waals surface area contributed by atoms with Crippen LogP contribution in [0.25, 0.3) is 0 Å². The van der Waals surface area contributed by atoms with Crippen molar-refractivity contribution in [3.05, 3.63) is 34.9 Å². The van der Waals surface area contributed by atoms with E-state index in [1.54, 1.807) is 4.90 Å². The number of sulfonamides is 1. The maximum absolute atomic E-state index is 14.5. The Kier molecular flexibility index (Phi) is 12.1. The van der Waals surface area contributed by atoms with Gasteiger partial charge >= 0.3 is 6.09 Å². The van der Waals surface area contributed by atoms with E-state index >= 15 is 0 Å². The zero-order valence-electron chi connectivity index (χ0n) is 33.6. The molecule has 1 aromatic carbocycles. The summed E-state index contributed by atoms with van der Waals surface area (Å²) in [5.41, 5.74) is 0.967. The van der Waals surface area contributed by atoms with Gasteiger partial charge < -0.3 is 34.6 Å². The number of aryl methyl sites for hydroxylation is 1. The van der Waals surface area contributed by atoms with Crippen molar-refractivity contribution in [1.82, 2.24) is 25.2 Å². The van der Waals surface area contributed by atoms with Crippen molar-refractivity contribution in [3.8, 4) is 0 Å². The first-order valence-electron chi connectivity index (χ1n) is 20.1. The molecular formula is C40H59N5O10S. The third-order valence-corrected chi connectivity index (χ3v) is 13.5. The molecule has 1 aromatic rings. The third kappa shape index (κ3) is 9.84. The maximum Gasteiger partial charge on any atom is 0.407 e. The van der Waals surface area contributed by atoms with Crippen LogP contribution in [0, 0.1) is 11.3 Å². The molecule has 0 aromatic heterocycles. The Morgan fingerprint density at radius 2 is 1.80 bits per heavy atom. The van der Waals surface area contributed by atoms with Crippen molar-refractivity contribution in [1.29, 1.82) is 0 Å². The molecule has 2 aliphatic carbocycles. The first kappa shape index (κ1) is 41.9. The summed E-state index contributed by atoms with van der Waals surface area (Å²) in [7, 11) is -3.88. The van der Waals surface area contributed by atoms with Crippen LogP contribution >= 0.6 is 0 Å². The molecule has 2 saturated carbocycles. The van der Waals surface area contributed by atoms with Crippen LogP contribution in [-0.2, 0) is 62.9 Å². The zero-order chi connectivity index (χ0) is 40.6. The van der Waals surface area contributed by atoms with Crippen molar-refractivity contribution < 1.29 is 46.6 Å². The van der Waals surface area contributed by atoms with Crippen LogP contribution in [-0.4, -0.2) is 109 Å². The average Bonchev–Trinajstić information content (AvgIpc) is 4.02. The van der Waals surface area contributed by atoms with Crippen LogP contribution in [0.3, 0.4) is 0 Å². The zero-order valence-corrected chi connectivity index (χ0v) is 34.4. The molecule has 3 aliphatic heterocycles. The summed E-state index contributed by atoms with van der Waals surface area (Å²) in [6, 6.07) is 3.74. The van der Waals surface area contributed by atoms with Crippen LogP contribution in [0.4, 0.5) is 4.79 Å². The molecule has 310 valence electrons. The third-order valence-electron chi connectivity index (χ3n) is 11.7. The number of amides is 5. The fourth-order valence-corrected chi connectivity index (χ4v) is 9.40. The molecule has 3 fully saturated rings. The minimum Gasteiger partial charge on any atom is -0.449 e. The Bertz CT molecular complexity index is 1810. The van der Waals surface area contributed by atoms with E-state index in [-0.39, 0.29) is 56.4 Å². The van der Waals surface area contributed by atoms with Crippen LogP contribution in [0.2, 0.25) is 0 Å². The van der Waals surface area contributed by atoms with E-state index < -0.39 is 68.4 Å². The molecule has 6 rings (SSSR count). The Morgan fingerprint density at radius 3 is 2.48 bits per heavy atom. The second-order valence-electron chi connectivity index (χ2n) is 18.0. The summed E-state index contributed by atoms with van der Waals surface area (Å²) in [4.78, 5) is 72.2. The fraction of sp³-hybridized carbons (Fsp3) is 0.725. The molecule has 0 spiro atoms. The van der Waals surface area contributed by atoms with Crippen molar-refractivity contribution in [3.63, 3.8) is 0 Å². The predicted octanol–water partition coefficient (Wildman–Crippen LogP) is 3.07. The van der Waals surface area contributed by atoms with Crippen LogP contribution in [0.1, 0.15) is 110 Å². The topological polar surface area (TPSA) is 190 Å². The molecule has 3 heterocycles. The lowest BCUT2D eigenvalue weighted by Crippen LogP contribution is -2.59. The molecular weight excluding hydrogens is 743 g/mol. The normalized spacial score (nSPS) is 28.9. The Hall–Kier alpha value is -3.76. The number of rotatable bonds is 8. The molecule has 4 bridgehead atoms. The van der Waals surface area contributed by atoms with E-state index in [4.69, 9.17) is 14.2 Å². The minimum absolute atomic E-state index is 0.00439. The Labute approximate surface area is 330 Å². The molecule has 5 aliphatic rings. The number of ether oxygens (including phenoxy) is 3. The number of hydrogen-bond acceptors (Lipinski definition) is 10. The summed E-state index contributed by atoms with van der Waals surface area (Å²) in [5, 5.41) is 4.87. The largest absolute Gasteiger partial charge is 0.449 e. The summed E-state index contributed by atoms with van der Waals surface area (Å²) in [6.45, 7) is 11.8. The second kappa shape index (κ2) is 16.2. The smallest absolute Gasteiger partial charge is 0.407 e. The maximum atomic E-state index is 14.5. The van der Waals surface area contributed by atoms with Gasteiger partial charge in [0.05, 0.1) is 30.2 Å². The van der Waals surface area contributed by atoms with Crippen molar-refractivity contribution in [2.24, 2.45) is 11.3 Å². The number of cyclic esters (lactones) is 1. The van der Waals surface area contributed by atoms with Gasteiger partial charge in [-0.3, -0.25) is 23.9 Å². The summed E-state index contributed by atoms with van der Waals surface area (Å²) < 4.78 is 45.5. The highest BCUT2D eigenvalue weighted by Gasteiger charge is 2.62. The minimum atomic E-state index is -3.88. The van der Waals surface area contributed by atoms with Crippen LogP contribution in [0.15, 0.2) is 18.2 Å². The molecule has 3 N–H and O–H groups in total. The SMILES string of the molecule is CC[C@@H]1C[C@]1(NC(=O)[C@@H]1C[C@@H]2CN1C(=O)[C@H](COC(C)(C)C)NC(=O)OCC(C)(C)CCCCc1cccc3c1CN(C3)C(=O)CO2)C(=O)NS(=O)(=O)C1CC1. The molecule has 5 atom stereocenters. The average molecular weight is 802 g/mol. The van der Waals surface area contributed by atoms with E-state index in [1.165, 1.54) is 10.5 Å². The number of hydrogen-bond donors (Lipinski definition) is 3. The quantitative estimate of drug-likeness (QED) is 0.353. The van der Waals surface area contributed by atoms with Crippen LogP contribution in [0.5, 0.6) is 0 Å². The van der Waals surface area contributed by atoms with E-state index in [2.05, 4.69) is 21.4 Å². The van der Waals surface area contributed by atoms with E-state index in [1.807, 2.05) is 53.7 Å². The first-order chi connectivity index (χ1) is 26.3. The molecule has 16 heteroatoms. The molecule has 1 saturated heterocycles. The van der Waals surface area contributed by atoms with E-state index in [0.29, 0.717) is 32.4 Å². The number of benzene rings is 1. The number of nitrogens with one attached hydrogen (secondary N) is 3. The van der Waals surface area contributed by atoms with Crippen molar-refractivity contribution in [2.45, 2.75) is 147 Å². The summed E-state index contributed by atoms with van der Waals surface area (Å²) >= 11 is 0. The molecule has 0 unspecified atom stereocenters. The lowest BCUT2D eigenvalue weighted by molar-refractivity contribution is -0.143. The van der Waals surface area contributed by atoms with Gasteiger partial charge in [-0.25, -0.2) is 13.2 Å². The van der Waals surface area contributed by atoms with Gasteiger partial charge in [-0.05, 0) is 87.3 Å². The molecule has 15 nitrogen and oxygen atoms in total. The van der Waals surface area contributed by atoms with Gasteiger partial charge in [-0.2, -0.15) is 0 Å². The van der Waals surface area contributed by atoms with Gasteiger partial charge in [0.1, 0.15) is 24.2 Å². The highest BCUT2D eigenvalue weighted by molar-refractivity contribution is 7.91. The molecule has 0 radical (unpaired) electrons. The lowest BCUT2D eigenvalue weighted by Gasteiger charge is -2.31. The second-order valence-corrected chi connectivity index (χ2v) is 20.0. The van der Waals surface area contributed by atoms with Gasteiger partial charge in [0, 0.05) is 26.1 Å². The van der Waals surface area contributed by atoms with Gasteiger partial charge in [-0.15, -0.1) is 0 Å². The summed E-state index contributed by atoms with van der Waals surface area (Å²) in [6.07, 6.45) is 3.61. The van der Waals surface area contributed by atoms with Crippen molar-refractivity contribution in [2.75, 3.05) is 26.4 Å². The number of carbonyl (C=O) groups is 5. The molecule has 56 heavy (non-hydrogen) atoms. The number of carbonyl (C=O) groups excluding carboxylic acids is 5. The highest BCUT2D eigenvalue weighted by Crippen LogP contribution is 2.47. The van der Waals surface area contributed by atoms with Gasteiger partial charge in [-0.1, -0.05) is 51.8 Å². The Morgan fingerprint density at radius 1 is 1.07 bits per heavy atom. The first-order valence-corrected chi connectivity index (χ1v) is 21.6. The summed E-state index contributed by atoms with van der Waals surface area (Å²) in [5.74, 6) is -2.62. The predicted molar refractivity (Wildman–Crippen MR) is 205 cm³/mol. The van der Waals surface area contributed by atoms with Crippen molar-refractivity contribution >= 4 is 39.7 Å². The number of nitrogens with zero attached hydrogens (tertiary/aromatic N) is 2. The van der Waals surface area contributed by atoms with E-state index in [9.17, 15) is 32.4 Å². The van der Waals surface area contributed by atoms with Gasteiger partial charge in [0.2, 0.25) is 27.7 Å². The monoisotopic (exact) mass is 801 g/mol. The Balaban J connectivity index is 1.26. The highest BCUT2D eigenvalue weighted by atomic mass is 32.2. The standard InChI is InChI=1S/C40H59N5O10S/c1-7-27-18-40(27,36(49)43-56(51,52)29-14-15-29)42-34(47)32-17-28-20-45(32)35(48)31(22-55-38(2,3)4)41-37(50)54-24-39(5,6)16-9-8-11-25-12-10-13-26-19-44(21-30(25)26)33(46)23-53-28/h10,12-13,27-29,31-32H,7-9,11,14-24H2,1-6H3,(H,41,50)(H,42,47)(H,43,49)/t27-,28-,31+,32+,40-/m1/s1. The van der Waals surface area contributed by atoms with Gasteiger partial charge in [0.15, 0.2) is 0 Å². The lowest BCUT2D eigenvalue weighted by atomic mass is 9.87. The van der Waals surface area contributed by atoms with Crippen LogP contribution < -0.4 is 15.4 Å². The van der Waals surface area contributed by atoms with E-state index in [0.717, 1.165) is 36.8 Å².